The van der Waals surface area contributed by atoms with Crippen molar-refractivity contribution < 1.29 is 14.3 Å². The lowest BCUT2D eigenvalue weighted by atomic mass is 10.1. The van der Waals surface area contributed by atoms with Gasteiger partial charge < -0.3 is 14.8 Å². The maximum absolute atomic E-state index is 12.9. The van der Waals surface area contributed by atoms with E-state index in [1.807, 2.05) is 24.3 Å². The maximum Gasteiger partial charge on any atom is 0.258 e. The smallest absolute Gasteiger partial charge is 0.258 e. The number of nitrogens with zero attached hydrogens (tertiary/aromatic N) is 4. The van der Waals surface area contributed by atoms with Crippen LogP contribution in [0.3, 0.4) is 0 Å². The van der Waals surface area contributed by atoms with E-state index in [0.717, 1.165) is 6.42 Å². The predicted octanol–water partition coefficient (Wildman–Crippen LogP) is 2.49. The van der Waals surface area contributed by atoms with Gasteiger partial charge in [-0.15, -0.1) is 5.10 Å². The fourth-order valence-electron chi connectivity index (χ4n) is 2.53. The third-order valence-electron chi connectivity index (χ3n) is 3.96. The highest BCUT2D eigenvalue weighted by Crippen LogP contribution is 2.32. The van der Waals surface area contributed by atoms with Crippen molar-refractivity contribution in [3.8, 4) is 17.2 Å². The molecule has 0 unspecified atom stereocenters. The second-order valence-corrected chi connectivity index (χ2v) is 5.48. The molecule has 0 radical (unpaired) electrons. The highest BCUT2D eigenvalue weighted by molar-refractivity contribution is 6.07. The molecule has 0 saturated carbocycles. The Morgan fingerprint density at radius 1 is 1.12 bits per heavy atom. The van der Waals surface area contributed by atoms with Crippen molar-refractivity contribution in [1.29, 1.82) is 0 Å². The van der Waals surface area contributed by atoms with Crippen LogP contribution in [0.5, 0.6) is 11.5 Å². The normalized spacial score (nSPS) is 10.4. The van der Waals surface area contributed by atoms with Gasteiger partial charge in [0.25, 0.3) is 5.91 Å². The second kappa shape index (κ2) is 7.64. The Bertz CT molecular complexity index is 892. The number of hydrogen-bond donors (Lipinski definition) is 1. The van der Waals surface area contributed by atoms with Gasteiger partial charge in [0.2, 0.25) is 0 Å². The van der Waals surface area contributed by atoms with E-state index < -0.39 is 0 Å². The molecule has 134 valence electrons. The summed E-state index contributed by atoms with van der Waals surface area (Å²) in [6.45, 7) is 2.08. The minimum Gasteiger partial charge on any atom is -0.493 e. The Morgan fingerprint density at radius 3 is 2.38 bits per heavy atom. The number of tetrazole rings is 1. The van der Waals surface area contributed by atoms with E-state index in [9.17, 15) is 4.79 Å². The number of anilines is 1. The van der Waals surface area contributed by atoms with Gasteiger partial charge in [-0.2, -0.15) is 4.68 Å². The number of aryl methyl sites for hydroxylation is 1. The average Bonchev–Trinajstić information content (AvgIpc) is 3.22. The van der Waals surface area contributed by atoms with Crippen molar-refractivity contribution in [3.63, 3.8) is 0 Å². The van der Waals surface area contributed by atoms with Gasteiger partial charge in [-0.1, -0.05) is 19.1 Å². The zero-order valence-corrected chi connectivity index (χ0v) is 14.8. The van der Waals surface area contributed by atoms with Crippen LogP contribution in [0.25, 0.3) is 5.69 Å². The Balaban J connectivity index is 1.99. The number of aromatic nitrogens is 4. The zero-order chi connectivity index (χ0) is 18.5. The fourth-order valence-corrected chi connectivity index (χ4v) is 2.53. The topological polar surface area (TPSA) is 91.2 Å². The molecule has 1 N–H and O–H groups in total. The van der Waals surface area contributed by atoms with E-state index in [4.69, 9.17) is 9.47 Å². The first-order chi connectivity index (χ1) is 12.7. The van der Waals surface area contributed by atoms with Gasteiger partial charge >= 0.3 is 0 Å². The van der Waals surface area contributed by atoms with E-state index in [1.165, 1.54) is 30.8 Å². The summed E-state index contributed by atoms with van der Waals surface area (Å²) in [4.78, 5) is 12.9. The summed E-state index contributed by atoms with van der Waals surface area (Å²) in [5.41, 5.74) is 2.73. The Labute approximate surface area is 150 Å². The lowest BCUT2D eigenvalue weighted by Gasteiger charge is -2.14. The average molecular weight is 353 g/mol. The Hall–Kier alpha value is -3.42. The summed E-state index contributed by atoms with van der Waals surface area (Å²) in [6.07, 6.45) is 2.35. The first-order valence-electron chi connectivity index (χ1n) is 8.06. The quantitative estimate of drug-likeness (QED) is 0.732. The number of carbonyl (C=O) groups is 1. The lowest BCUT2D eigenvalue weighted by molar-refractivity contribution is 0.102. The SMILES string of the molecule is CCc1ccc(NC(=O)c2cc(OC)c(OC)cc2-n2cnnn2)cc1. The minimum absolute atomic E-state index is 0.305. The molecule has 1 heterocycles. The van der Waals surface area contributed by atoms with Crippen molar-refractivity contribution in [2.75, 3.05) is 19.5 Å². The molecule has 0 aliphatic carbocycles. The monoisotopic (exact) mass is 353 g/mol. The number of ether oxygens (including phenoxy) is 2. The molecule has 1 amide bonds. The number of benzene rings is 2. The summed E-state index contributed by atoms with van der Waals surface area (Å²) < 4.78 is 12.0. The van der Waals surface area contributed by atoms with Crippen LogP contribution >= 0.6 is 0 Å². The van der Waals surface area contributed by atoms with Gasteiger partial charge in [0.15, 0.2) is 11.5 Å². The highest BCUT2D eigenvalue weighted by atomic mass is 16.5. The van der Waals surface area contributed by atoms with Gasteiger partial charge in [-0.3, -0.25) is 4.79 Å². The van der Waals surface area contributed by atoms with Crippen LogP contribution in [0.15, 0.2) is 42.7 Å². The van der Waals surface area contributed by atoms with Crippen molar-refractivity contribution in [2.24, 2.45) is 0 Å². The molecule has 0 atom stereocenters. The Morgan fingerprint density at radius 2 is 1.81 bits per heavy atom. The number of amides is 1. The minimum atomic E-state index is -0.305. The fraction of sp³-hybridized carbons (Fsp3) is 0.222. The summed E-state index contributed by atoms with van der Waals surface area (Å²) in [5.74, 6) is 0.610. The van der Waals surface area contributed by atoms with E-state index in [0.29, 0.717) is 28.4 Å². The molecule has 8 heteroatoms. The van der Waals surface area contributed by atoms with Crippen molar-refractivity contribution in [1.82, 2.24) is 20.2 Å². The van der Waals surface area contributed by atoms with Crippen LogP contribution < -0.4 is 14.8 Å². The number of rotatable bonds is 6. The molecule has 1 aromatic heterocycles. The van der Waals surface area contributed by atoms with Crippen LogP contribution in [0.1, 0.15) is 22.8 Å². The zero-order valence-electron chi connectivity index (χ0n) is 14.8. The molecule has 2 aromatic carbocycles. The third-order valence-corrected chi connectivity index (χ3v) is 3.96. The summed E-state index contributed by atoms with van der Waals surface area (Å²) in [5, 5.41) is 14.0. The number of methoxy groups -OCH3 is 2. The predicted molar refractivity (Wildman–Crippen MR) is 96.0 cm³/mol. The lowest BCUT2D eigenvalue weighted by Crippen LogP contribution is -2.16. The summed E-state index contributed by atoms with van der Waals surface area (Å²) in [6, 6.07) is 11.0. The van der Waals surface area contributed by atoms with Gasteiger partial charge in [0.1, 0.15) is 6.33 Å². The Kier molecular flexibility index (Phi) is 5.12. The largest absolute Gasteiger partial charge is 0.493 e. The van der Waals surface area contributed by atoms with Crippen LogP contribution in [0.2, 0.25) is 0 Å². The third kappa shape index (κ3) is 3.49. The van der Waals surface area contributed by atoms with Crippen molar-refractivity contribution in [2.45, 2.75) is 13.3 Å². The van der Waals surface area contributed by atoms with Crippen molar-refractivity contribution >= 4 is 11.6 Å². The first-order valence-corrected chi connectivity index (χ1v) is 8.06. The van der Waals surface area contributed by atoms with Gasteiger partial charge in [-0.05, 0) is 40.6 Å². The van der Waals surface area contributed by atoms with Gasteiger partial charge in [-0.25, -0.2) is 0 Å². The molecular formula is C18H19N5O3. The van der Waals surface area contributed by atoms with Gasteiger partial charge in [0, 0.05) is 11.8 Å². The molecule has 3 aromatic rings. The van der Waals surface area contributed by atoms with E-state index in [-0.39, 0.29) is 5.91 Å². The molecule has 26 heavy (non-hydrogen) atoms. The molecule has 3 rings (SSSR count). The number of carbonyl (C=O) groups excluding carboxylic acids is 1. The van der Waals surface area contributed by atoms with Crippen LogP contribution in [-0.2, 0) is 6.42 Å². The van der Waals surface area contributed by atoms with Crippen LogP contribution in [-0.4, -0.2) is 40.3 Å². The van der Waals surface area contributed by atoms with Gasteiger partial charge in [0.05, 0.1) is 25.5 Å². The second-order valence-electron chi connectivity index (χ2n) is 5.48. The highest BCUT2D eigenvalue weighted by Gasteiger charge is 2.19. The van der Waals surface area contributed by atoms with E-state index in [1.54, 1.807) is 12.1 Å². The van der Waals surface area contributed by atoms with E-state index >= 15 is 0 Å². The van der Waals surface area contributed by atoms with Crippen LogP contribution in [0, 0.1) is 0 Å². The number of nitrogens with one attached hydrogen (secondary N) is 1. The maximum atomic E-state index is 12.9. The molecule has 0 bridgehead atoms. The molecule has 0 aliphatic heterocycles. The van der Waals surface area contributed by atoms with Crippen LogP contribution in [0.4, 0.5) is 5.69 Å². The molecule has 0 fully saturated rings. The summed E-state index contributed by atoms with van der Waals surface area (Å²) >= 11 is 0. The first kappa shape index (κ1) is 17.4. The molecule has 0 spiro atoms. The molecule has 0 saturated heterocycles. The molecule has 8 nitrogen and oxygen atoms in total. The number of hydrogen-bond acceptors (Lipinski definition) is 6. The summed E-state index contributed by atoms with van der Waals surface area (Å²) in [7, 11) is 3.04. The standard InChI is InChI=1S/C18H19N5O3/c1-4-12-5-7-13(8-6-12)20-18(24)14-9-16(25-2)17(26-3)10-15(14)23-11-19-21-22-23/h5-11H,4H2,1-3H3,(H,20,24). The molecular weight excluding hydrogens is 334 g/mol. The van der Waals surface area contributed by atoms with E-state index in [2.05, 4.69) is 27.8 Å². The van der Waals surface area contributed by atoms with Crippen molar-refractivity contribution in [3.05, 3.63) is 53.9 Å². The molecule has 0 aliphatic rings.